The largest absolute Gasteiger partial charge is 0.491 e. The van der Waals surface area contributed by atoms with Crippen LogP contribution in [0.25, 0.3) is 0 Å². The molecule has 36 heteroatoms. The molecule has 0 saturated carbocycles. The Hall–Kier alpha value is -9.66. The van der Waals surface area contributed by atoms with E-state index in [-0.39, 0.29) is 77.8 Å². The van der Waals surface area contributed by atoms with E-state index in [0.29, 0.717) is 112 Å². The van der Waals surface area contributed by atoms with Gasteiger partial charge in [0, 0.05) is 20.1 Å². The zero-order valence-corrected chi connectivity index (χ0v) is 69.7. The Bertz CT molecular complexity index is 4300. The summed E-state index contributed by atoms with van der Waals surface area (Å²) < 4.78 is 60.2. The molecule has 0 radical (unpaired) electrons. The molecule has 4 aliphatic heterocycles. The van der Waals surface area contributed by atoms with Gasteiger partial charge in [-0.3, -0.25) is 9.78 Å². The van der Waals surface area contributed by atoms with Crippen molar-refractivity contribution in [2.75, 3.05) is 79.3 Å². The molecule has 4 saturated heterocycles. The molecule has 0 bridgehead atoms. The Morgan fingerprint density at radius 3 is 0.966 bits per heavy atom. The van der Waals surface area contributed by atoms with Crippen molar-refractivity contribution in [1.29, 1.82) is 0 Å². The van der Waals surface area contributed by atoms with Crippen molar-refractivity contribution >= 4 is 164 Å². The van der Waals surface area contributed by atoms with Crippen LogP contribution in [0.1, 0.15) is 82.9 Å². The van der Waals surface area contributed by atoms with Crippen molar-refractivity contribution in [3.8, 4) is 23.0 Å². The first-order valence-corrected chi connectivity index (χ1v) is 38.2. The molecule has 8 aromatic carbocycles. The Morgan fingerprint density at radius 1 is 0.339 bits per heavy atom. The summed E-state index contributed by atoms with van der Waals surface area (Å²) in [7, 11) is 0. The van der Waals surface area contributed by atoms with Gasteiger partial charge in [0.2, 0.25) is 0 Å². The van der Waals surface area contributed by atoms with Crippen LogP contribution < -0.4 is 18.9 Å². The van der Waals surface area contributed by atoms with E-state index in [9.17, 15) is 38.4 Å². The number of ether oxygens (including phenoxy) is 12. The van der Waals surface area contributed by atoms with Gasteiger partial charge in [0.1, 0.15) is 111 Å². The normalized spacial score (nSPS) is 13.9. The molecule has 4 atom stereocenters. The van der Waals surface area contributed by atoms with E-state index in [1.807, 2.05) is 6.07 Å². The number of carboxylic acids is 2. The van der Waals surface area contributed by atoms with Crippen molar-refractivity contribution < 1.29 is 126 Å². The van der Waals surface area contributed by atoms with Crippen molar-refractivity contribution in [2.24, 2.45) is 0 Å². The van der Waals surface area contributed by atoms with E-state index in [1.165, 1.54) is 60.7 Å². The fourth-order valence-corrected chi connectivity index (χ4v) is 8.50. The molecule has 4 N–H and O–H groups in total. The van der Waals surface area contributed by atoms with Crippen LogP contribution in [-0.4, -0.2) is 181 Å². The third-order valence-electron chi connectivity index (χ3n) is 13.5. The number of para-hydroxylation sites is 2. The van der Waals surface area contributed by atoms with E-state index in [2.05, 4.69) is 36.1 Å². The minimum absolute atomic E-state index is 0.0712. The van der Waals surface area contributed by atoms with Crippen LogP contribution >= 0.6 is 116 Å². The Morgan fingerprint density at radius 2 is 0.627 bits per heavy atom. The quantitative estimate of drug-likeness (QED) is 0.00673. The molecule has 118 heavy (non-hydrogen) atoms. The number of hydrogen-bond donors (Lipinski definition) is 4. The number of aromatic carboxylic acids is 2. The van der Waals surface area contributed by atoms with Crippen LogP contribution in [0.3, 0.4) is 0 Å². The second-order valence-electron chi connectivity index (χ2n) is 22.6. The first-order chi connectivity index (χ1) is 56.5. The minimum Gasteiger partial charge on any atom is -0.491 e. The van der Waals surface area contributed by atoms with Crippen LogP contribution in [0.2, 0.25) is 20.1 Å². The molecule has 0 amide bonds. The zero-order valence-electron chi connectivity index (χ0n) is 62.1. The average Bonchev–Trinajstić information content (AvgIpc) is 1.30. The molecule has 4 unspecified atom stereocenters. The van der Waals surface area contributed by atoms with Gasteiger partial charge in [-0.15, -0.1) is 0 Å². The molecule has 0 aromatic heterocycles. The monoisotopic (exact) mass is 1830 g/mol. The molecular weight excluding hydrogens is 1760 g/mol. The SMILES string of the molecule is C=CCOC(=O)c1ccc(OCC=C)cc1.C=CCOC(=O)c1ccccc1OCC=C.ClC(Cl)Cl.ClC(Cl)Cl.O=C(O)c1cccc(Cl)c1.O=C(O)c1cccc(Cl)c1.O=C(OCC1CO1)c1ccc(OCC2CO2)cc1.O=C(OCC1CO1)c1ccccc1OCC1CO1.O=C(OO)c1cccc(Cl)c1.O=C(OO)c1cccc(Cl)c1. The van der Waals surface area contributed by atoms with Crippen molar-refractivity contribution in [3.63, 3.8) is 0 Å². The number of carbonyl (C=O) groups is 8. The predicted octanol–water partition coefficient (Wildman–Crippen LogP) is 19.2. The number of rotatable bonds is 28. The fourth-order valence-electron chi connectivity index (χ4n) is 7.74. The van der Waals surface area contributed by atoms with Gasteiger partial charge in [-0.25, -0.2) is 38.4 Å². The second-order valence-corrected chi connectivity index (χ2v) is 28.3. The van der Waals surface area contributed by atoms with E-state index >= 15 is 0 Å². The minimum atomic E-state index is -0.956. The lowest BCUT2D eigenvalue weighted by atomic mass is 10.2. The number of benzene rings is 8. The van der Waals surface area contributed by atoms with Crippen LogP contribution in [0.5, 0.6) is 23.0 Å². The van der Waals surface area contributed by atoms with Gasteiger partial charge in [0.05, 0.1) is 59.8 Å². The lowest BCUT2D eigenvalue weighted by Crippen LogP contribution is -2.13. The second kappa shape index (κ2) is 59.9. The zero-order chi connectivity index (χ0) is 87.2. The van der Waals surface area contributed by atoms with Gasteiger partial charge in [0.15, 0.2) is 8.59 Å². The molecule has 632 valence electrons. The maximum Gasteiger partial charge on any atom is 0.372 e. The Kier molecular flexibility index (Phi) is 52.1. The maximum absolute atomic E-state index is 11.9. The van der Waals surface area contributed by atoms with Crippen LogP contribution in [-0.2, 0) is 47.7 Å². The van der Waals surface area contributed by atoms with Gasteiger partial charge in [-0.05, 0) is 146 Å². The summed E-state index contributed by atoms with van der Waals surface area (Å²) in [6.07, 6.45) is 6.88. The van der Waals surface area contributed by atoms with Crippen molar-refractivity contribution in [2.45, 2.75) is 33.0 Å². The molecule has 8 aromatic rings. The summed E-state index contributed by atoms with van der Waals surface area (Å²) in [6, 6.07) is 52.1. The molecule has 0 spiro atoms. The van der Waals surface area contributed by atoms with Gasteiger partial charge in [0.25, 0.3) is 0 Å². The summed E-state index contributed by atoms with van der Waals surface area (Å²) in [4.78, 5) is 95.4. The van der Waals surface area contributed by atoms with Crippen LogP contribution in [0, 0.1) is 0 Å². The average molecular weight is 1830 g/mol. The van der Waals surface area contributed by atoms with E-state index in [1.54, 1.807) is 152 Å². The van der Waals surface area contributed by atoms with E-state index < -0.39 is 38.4 Å². The number of alkyl halides is 6. The highest BCUT2D eigenvalue weighted by atomic mass is 35.6. The fraction of sp³-hybridized carbons (Fsp3) is 0.220. The molecular formula is C82H78Cl10O26. The first kappa shape index (κ1) is 103. The topological polar surface area (TPSA) is 360 Å². The highest BCUT2D eigenvalue weighted by molar-refractivity contribution is 6.63. The van der Waals surface area contributed by atoms with E-state index in [0.717, 1.165) is 19.0 Å². The number of esters is 4. The third kappa shape index (κ3) is 48.3. The standard InChI is InChI=1S/2C13H14O5.2C13H14O3.2C7H5ClO3.2C7H5ClO2.2CHCl3/c14-13(18-8-12-7-17-12)9-1-3-10(4-2-9)15-5-11-6-16-11;14-13(18-8-10-6-16-10)11-3-1-2-4-12(11)17-7-9-5-15-9;1-3-9-15-12-7-5-11(6-8-12)13(14)16-10-4-2;1-3-9-15-12-8-6-5-7-11(12)13(14)16-10-4-2;2*8-6-3-1-2-5(4-6)7(9)11-10;2*8-6-3-1-2-5(4-6)7(9)10;2*2-1(3)4/h1-4,11-12H,5-8H2;1-4,9-10H,5-8H2;2*3-8H,1-2,9-10H2;2*1-4,10H;2*1-4H,(H,9,10);2*1H. The summed E-state index contributed by atoms with van der Waals surface area (Å²) in [5, 5.41) is 34.6. The lowest BCUT2D eigenvalue weighted by Gasteiger charge is -2.09. The highest BCUT2D eigenvalue weighted by Gasteiger charge is 2.28. The Labute approximate surface area is 728 Å². The lowest BCUT2D eigenvalue weighted by molar-refractivity contribution is -0.182. The maximum atomic E-state index is 11.9. The molecule has 4 fully saturated rings. The van der Waals surface area contributed by atoms with Crippen LogP contribution in [0.4, 0.5) is 0 Å². The smallest absolute Gasteiger partial charge is 0.372 e. The number of carbonyl (C=O) groups excluding carboxylic acids is 6. The molecule has 4 heterocycles. The predicted molar refractivity (Wildman–Crippen MR) is 447 cm³/mol. The van der Waals surface area contributed by atoms with Gasteiger partial charge >= 0.3 is 47.8 Å². The van der Waals surface area contributed by atoms with E-state index in [4.69, 9.17) is 194 Å². The summed E-state index contributed by atoms with van der Waals surface area (Å²) in [5.74, 6) is -2.57. The van der Waals surface area contributed by atoms with Crippen LogP contribution in [0.15, 0.2) is 245 Å². The third-order valence-corrected chi connectivity index (χ3v) is 14.4. The molecule has 12 rings (SSSR count). The molecule has 0 aliphatic carbocycles. The summed E-state index contributed by atoms with van der Waals surface area (Å²) >= 11 is 51.0. The number of halogens is 10. The van der Waals surface area contributed by atoms with Gasteiger partial charge in [-0.2, -0.15) is 10.5 Å². The van der Waals surface area contributed by atoms with Crippen molar-refractivity contribution in [3.05, 3.63) is 309 Å². The van der Waals surface area contributed by atoms with Gasteiger partial charge in [-0.1, -0.05) is 215 Å². The van der Waals surface area contributed by atoms with Crippen molar-refractivity contribution in [1.82, 2.24) is 0 Å². The summed E-state index contributed by atoms with van der Waals surface area (Å²) in [6.45, 7) is 19.8. The molecule has 4 aliphatic rings. The van der Waals surface area contributed by atoms with Gasteiger partial charge < -0.3 is 67.1 Å². The number of carboxylic acid groups (broad SMARTS) is 2. The summed E-state index contributed by atoms with van der Waals surface area (Å²) in [5.41, 5.74) is 2.74. The molecule has 26 nitrogen and oxygen atoms in total. The Balaban J connectivity index is 0.000000347. The number of epoxide rings is 4. The highest BCUT2D eigenvalue weighted by Crippen LogP contribution is 2.25. The number of hydrogen-bond acceptors (Lipinski definition) is 24. The first-order valence-electron chi connectivity index (χ1n) is 34.1.